The zero-order valence-electron chi connectivity index (χ0n) is 11.6. The van der Waals surface area contributed by atoms with Gasteiger partial charge in [-0.3, -0.25) is 4.79 Å². The molecule has 2 atom stereocenters. The Balaban J connectivity index is 1.68. The van der Waals surface area contributed by atoms with Gasteiger partial charge >= 0.3 is 0 Å². The van der Waals surface area contributed by atoms with Crippen LogP contribution in [0.5, 0.6) is 0 Å². The van der Waals surface area contributed by atoms with Gasteiger partial charge in [0.25, 0.3) is 0 Å². The molecule has 2 N–H and O–H groups in total. The minimum atomic E-state index is -0.310. The van der Waals surface area contributed by atoms with E-state index >= 15 is 0 Å². The van der Waals surface area contributed by atoms with Crippen molar-refractivity contribution >= 4 is 16.9 Å². The molecule has 2 heterocycles. The van der Waals surface area contributed by atoms with E-state index in [9.17, 15) is 4.79 Å². The number of hydrogen-bond donors (Lipinski definition) is 2. The van der Waals surface area contributed by atoms with E-state index < -0.39 is 0 Å². The standard InChI is InChI=1S/C15H19N3O2/c1-10(16-15(19)13-8-4-5-9-20-13)14-17-11-6-2-3-7-12(11)18-14/h2-3,6-7,10,13H,4-5,8-9H2,1H3,(H,16,19)(H,17,18). The van der Waals surface area contributed by atoms with Crippen LogP contribution in [0.1, 0.15) is 38.1 Å². The first-order valence-corrected chi connectivity index (χ1v) is 7.10. The Kier molecular flexibility index (Phi) is 3.69. The van der Waals surface area contributed by atoms with Gasteiger partial charge in [0.15, 0.2) is 0 Å². The van der Waals surface area contributed by atoms with E-state index in [1.807, 2.05) is 31.2 Å². The Morgan fingerprint density at radius 2 is 2.30 bits per heavy atom. The molecule has 0 saturated carbocycles. The molecule has 1 aliphatic rings. The second kappa shape index (κ2) is 5.63. The van der Waals surface area contributed by atoms with Crippen molar-refractivity contribution in [2.24, 2.45) is 0 Å². The molecule has 5 heteroatoms. The average Bonchev–Trinajstić information content (AvgIpc) is 2.92. The number of nitrogens with zero attached hydrogens (tertiary/aromatic N) is 1. The van der Waals surface area contributed by atoms with Gasteiger partial charge in [-0.15, -0.1) is 0 Å². The number of benzene rings is 1. The van der Waals surface area contributed by atoms with Gasteiger partial charge in [0, 0.05) is 6.61 Å². The number of carbonyl (C=O) groups is 1. The minimum Gasteiger partial charge on any atom is -0.368 e. The van der Waals surface area contributed by atoms with E-state index in [1.54, 1.807) is 0 Å². The number of aromatic amines is 1. The third kappa shape index (κ3) is 2.67. The Morgan fingerprint density at radius 3 is 3.05 bits per heavy atom. The van der Waals surface area contributed by atoms with Gasteiger partial charge in [-0.1, -0.05) is 12.1 Å². The molecule has 2 unspecified atom stereocenters. The summed E-state index contributed by atoms with van der Waals surface area (Å²) in [7, 11) is 0. The van der Waals surface area contributed by atoms with Gasteiger partial charge in [-0.25, -0.2) is 4.98 Å². The van der Waals surface area contributed by atoms with E-state index in [1.165, 1.54) is 0 Å². The van der Waals surface area contributed by atoms with Crippen molar-refractivity contribution in [3.8, 4) is 0 Å². The molecule has 0 bridgehead atoms. The van der Waals surface area contributed by atoms with Crippen LogP contribution in [0.15, 0.2) is 24.3 Å². The van der Waals surface area contributed by atoms with Gasteiger partial charge in [-0.2, -0.15) is 0 Å². The number of hydrogen-bond acceptors (Lipinski definition) is 3. The minimum absolute atomic E-state index is 0.0438. The zero-order valence-corrected chi connectivity index (χ0v) is 11.6. The number of H-pyrrole nitrogens is 1. The molecule has 106 valence electrons. The monoisotopic (exact) mass is 273 g/mol. The Hall–Kier alpha value is -1.88. The molecule has 1 aromatic carbocycles. The second-order valence-corrected chi connectivity index (χ2v) is 5.22. The van der Waals surface area contributed by atoms with Crippen molar-refractivity contribution in [3.05, 3.63) is 30.1 Å². The highest BCUT2D eigenvalue weighted by molar-refractivity contribution is 5.81. The molecule has 1 aromatic heterocycles. The maximum Gasteiger partial charge on any atom is 0.249 e. The number of aromatic nitrogens is 2. The van der Waals surface area contributed by atoms with Crippen molar-refractivity contribution in [2.75, 3.05) is 6.61 Å². The summed E-state index contributed by atoms with van der Waals surface area (Å²) in [5.74, 6) is 0.730. The number of fused-ring (bicyclic) bond motifs is 1. The molecule has 3 rings (SSSR count). The summed E-state index contributed by atoms with van der Waals surface area (Å²) >= 11 is 0. The molecule has 1 aliphatic heterocycles. The van der Waals surface area contributed by atoms with Crippen molar-refractivity contribution in [2.45, 2.75) is 38.3 Å². The highest BCUT2D eigenvalue weighted by Gasteiger charge is 2.24. The quantitative estimate of drug-likeness (QED) is 0.901. The molecule has 2 aromatic rings. The smallest absolute Gasteiger partial charge is 0.249 e. The van der Waals surface area contributed by atoms with Crippen molar-refractivity contribution < 1.29 is 9.53 Å². The Bertz CT molecular complexity index is 569. The third-order valence-corrected chi connectivity index (χ3v) is 3.65. The normalized spacial score (nSPS) is 20.8. The van der Waals surface area contributed by atoms with Gasteiger partial charge in [-0.05, 0) is 38.3 Å². The highest BCUT2D eigenvalue weighted by atomic mass is 16.5. The van der Waals surface area contributed by atoms with Crippen LogP contribution >= 0.6 is 0 Å². The summed E-state index contributed by atoms with van der Waals surface area (Å²) < 4.78 is 5.49. The molecule has 1 amide bonds. The van der Waals surface area contributed by atoms with E-state index in [0.717, 1.165) is 36.1 Å². The lowest BCUT2D eigenvalue weighted by Gasteiger charge is -2.23. The number of amides is 1. The van der Waals surface area contributed by atoms with Crippen molar-refractivity contribution in [3.63, 3.8) is 0 Å². The summed E-state index contributed by atoms with van der Waals surface area (Å²) in [6.45, 7) is 2.61. The van der Waals surface area contributed by atoms with Crippen LogP contribution in [-0.4, -0.2) is 28.6 Å². The Labute approximate surface area is 117 Å². The lowest BCUT2D eigenvalue weighted by Crippen LogP contribution is -2.39. The third-order valence-electron chi connectivity index (χ3n) is 3.65. The SMILES string of the molecule is CC(NC(=O)C1CCCCO1)c1nc2ccccc2[nH]1. The topological polar surface area (TPSA) is 67.0 Å². The average molecular weight is 273 g/mol. The lowest BCUT2D eigenvalue weighted by atomic mass is 10.1. The lowest BCUT2D eigenvalue weighted by molar-refractivity contribution is -0.136. The van der Waals surface area contributed by atoms with E-state index in [4.69, 9.17) is 4.74 Å². The summed E-state index contributed by atoms with van der Waals surface area (Å²) in [4.78, 5) is 19.9. The maximum atomic E-state index is 12.1. The second-order valence-electron chi connectivity index (χ2n) is 5.22. The molecule has 0 radical (unpaired) electrons. The van der Waals surface area contributed by atoms with E-state index in [-0.39, 0.29) is 18.1 Å². The van der Waals surface area contributed by atoms with Gasteiger partial charge < -0.3 is 15.0 Å². The molecule has 0 aliphatic carbocycles. The summed E-state index contributed by atoms with van der Waals surface area (Å²) in [6, 6.07) is 7.69. The number of para-hydroxylation sites is 2. The largest absolute Gasteiger partial charge is 0.368 e. The fourth-order valence-corrected chi connectivity index (χ4v) is 2.50. The fourth-order valence-electron chi connectivity index (χ4n) is 2.50. The van der Waals surface area contributed by atoms with Crippen LogP contribution in [0.3, 0.4) is 0 Å². The van der Waals surface area contributed by atoms with Gasteiger partial charge in [0.1, 0.15) is 11.9 Å². The molecule has 0 spiro atoms. The predicted molar refractivity (Wildman–Crippen MR) is 76.2 cm³/mol. The summed E-state index contributed by atoms with van der Waals surface area (Å²) in [6.07, 6.45) is 2.59. The van der Waals surface area contributed by atoms with Crippen LogP contribution in [0.2, 0.25) is 0 Å². The highest BCUT2D eigenvalue weighted by Crippen LogP contribution is 2.17. The number of nitrogens with one attached hydrogen (secondary N) is 2. The molecule has 20 heavy (non-hydrogen) atoms. The van der Waals surface area contributed by atoms with Crippen LogP contribution in [-0.2, 0) is 9.53 Å². The summed E-state index contributed by atoms with van der Waals surface area (Å²) in [5.41, 5.74) is 1.90. The summed E-state index contributed by atoms with van der Waals surface area (Å²) in [5, 5.41) is 2.97. The number of imidazole rings is 1. The van der Waals surface area contributed by atoms with Crippen LogP contribution < -0.4 is 5.32 Å². The first-order chi connectivity index (χ1) is 9.74. The Morgan fingerprint density at radius 1 is 1.45 bits per heavy atom. The first kappa shape index (κ1) is 13.1. The van der Waals surface area contributed by atoms with E-state index in [0.29, 0.717) is 6.61 Å². The number of ether oxygens (including phenoxy) is 1. The van der Waals surface area contributed by atoms with Gasteiger partial charge in [0.2, 0.25) is 5.91 Å². The number of rotatable bonds is 3. The van der Waals surface area contributed by atoms with Gasteiger partial charge in [0.05, 0.1) is 17.1 Å². The predicted octanol–water partition coefficient (Wildman–Crippen LogP) is 2.31. The van der Waals surface area contributed by atoms with Crippen LogP contribution in [0.25, 0.3) is 11.0 Å². The van der Waals surface area contributed by atoms with Crippen LogP contribution in [0, 0.1) is 0 Å². The molecule has 5 nitrogen and oxygen atoms in total. The first-order valence-electron chi connectivity index (χ1n) is 7.10. The number of carbonyl (C=O) groups excluding carboxylic acids is 1. The van der Waals surface area contributed by atoms with Crippen molar-refractivity contribution in [1.82, 2.24) is 15.3 Å². The maximum absolute atomic E-state index is 12.1. The van der Waals surface area contributed by atoms with E-state index in [2.05, 4.69) is 15.3 Å². The zero-order chi connectivity index (χ0) is 13.9. The van der Waals surface area contributed by atoms with Crippen molar-refractivity contribution in [1.29, 1.82) is 0 Å². The molecular formula is C15H19N3O2. The molecule has 1 saturated heterocycles. The fraction of sp³-hybridized carbons (Fsp3) is 0.467. The molecular weight excluding hydrogens is 254 g/mol. The van der Waals surface area contributed by atoms with Crippen LogP contribution in [0.4, 0.5) is 0 Å². The molecule has 1 fully saturated rings.